The van der Waals surface area contributed by atoms with Crippen molar-refractivity contribution in [3.63, 3.8) is 0 Å². The van der Waals surface area contributed by atoms with Crippen molar-refractivity contribution in [3.05, 3.63) is 58.9 Å². The van der Waals surface area contributed by atoms with Crippen LogP contribution in [0, 0.1) is 0 Å². The molecule has 18 heavy (non-hydrogen) atoms. The molecule has 0 aliphatic heterocycles. The topological polar surface area (TPSA) is 16.1 Å². The molecule has 0 aliphatic carbocycles. The number of hydrogen-bond donors (Lipinski definition) is 0. The molecule has 1 aromatic heterocycles. The van der Waals surface area contributed by atoms with Crippen LogP contribution in [0.5, 0.6) is 0 Å². The van der Waals surface area contributed by atoms with Crippen molar-refractivity contribution in [2.75, 3.05) is 11.9 Å². The van der Waals surface area contributed by atoms with Crippen LogP contribution >= 0.6 is 27.5 Å². The van der Waals surface area contributed by atoms with Crippen molar-refractivity contribution in [2.45, 2.75) is 11.9 Å². The van der Waals surface area contributed by atoms with E-state index in [1.165, 1.54) is 5.56 Å². The van der Waals surface area contributed by atoms with Crippen molar-refractivity contribution in [1.82, 2.24) is 4.98 Å². The van der Waals surface area contributed by atoms with Gasteiger partial charge in [-0.2, -0.15) is 0 Å². The molecule has 2 rings (SSSR count). The van der Waals surface area contributed by atoms with E-state index in [1.807, 2.05) is 37.4 Å². The second-order valence-corrected chi connectivity index (χ2v) is 5.03. The number of hydrogen-bond acceptors (Lipinski definition) is 2. The van der Waals surface area contributed by atoms with Crippen molar-refractivity contribution in [3.8, 4) is 0 Å². The summed E-state index contributed by atoms with van der Waals surface area (Å²) in [5.74, 6) is 0. The van der Waals surface area contributed by atoms with Gasteiger partial charge in [0.1, 0.15) is 0 Å². The van der Waals surface area contributed by atoms with E-state index in [4.69, 9.17) is 11.6 Å². The molecule has 0 atom stereocenters. The van der Waals surface area contributed by atoms with Crippen LogP contribution in [-0.2, 0) is 11.9 Å². The third kappa shape index (κ3) is 3.03. The van der Waals surface area contributed by atoms with Crippen LogP contribution in [0.25, 0.3) is 0 Å². The second-order valence-electron chi connectivity index (χ2n) is 4.06. The maximum atomic E-state index is 6.29. The molecule has 2 aromatic rings. The SMILES string of the molecule is CN(Cc1ccccn1)c1c(Cl)cccc1CBr. The van der Waals surface area contributed by atoms with Gasteiger partial charge in [0.05, 0.1) is 22.9 Å². The number of pyridine rings is 1. The zero-order valence-corrected chi connectivity index (χ0v) is 12.4. The number of para-hydroxylation sites is 1. The van der Waals surface area contributed by atoms with Gasteiger partial charge in [-0.15, -0.1) is 0 Å². The van der Waals surface area contributed by atoms with Gasteiger partial charge in [-0.1, -0.05) is 45.7 Å². The Bertz CT molecular complexity index is 516. The average molecular weight is 326 g/mol. The molecular weight excluding hydrogens is 312 g/mol. The number of aromatic nitrogens is 1. The molecule has 0 saturated carbocycles. The quantitative estimate of drug-likeness (QED) is 0.781. The lowest BCUT2D eigenvalue weighted by Crippen LogP contribution is -2.18. The molecule has 1 aromatic carbocycles. The first kappa shape index (κ1) is 13.4. The number of alkyl halides is 1. The standard InChI is InChI=1S/C14H14BrClN2/c1-18(10-12-6-2-3-8-17-12)14-11(9-15)5-4-7-13(14)16/h2-8H,9-10H2,1H3. The fourth-order valence-corrected chi connectivity index (χ4v) is 2.70. The summed E-state index contributed by atoms with van der Waals surface area (Å²) >= 11 is 9.78. The highest BCUT2D eigenvalue weighted by Gasteiger charge is 2.11. The predicted molar refractivity (Wildman–Crippen MR) is 80.4 cm³/mol. The number of anilines is 1. The number of benzene rings is 1. The summed E-state index contributed by atoms with van der Waals surface area (Å²) in [5.41, 5.74) is 3.27. The Balaban J connectivity index is 2.26. The Kier molecular flexibility index (Phi) is 4.61. The Morgan fingerprint density at radius 1 is 1.22 bits per heavy atom. The third-order valence-electron chi connectivity index (χ3n) is 2.72. The van der Waals surface area contributed by atoms with Crippen LogP contribution in [0.3, 0.4) is 0 Å². The van der Waals surface area contributed by atoms with E-state index < -0.39 is 0 Å². The van der Waals surface area contributed by atoms with Crippen molar-refractivity contribution in [2.24, 2.45) is 0 Å². The Morgan fingerprint density at radius 2 is 2.06 bits per heavy atom. The minimum Gasteiger partial charge on any atom is -0.367 e. The molecular formula is C14H14BrClN2. The summed E-state index contributed by atoms with van der Waals surface area (Å²) < 4.78 is 0. The molecule has 0 saturated heterocycles. The fourth-order valence-electron chi connectivity index (χ4n) is 1.91. The number of nitrogens with zero attached hydrogens (tertiary/aromatic N) is 2. The van der Waals surface area contributed by atoms with Crippen LogP contribution in [0.2, 0.25) is 5.02 Å². The maximum Gasteiger partial charge on any atom is 0.0642 e. The summed E-state index contributed by atoms with van der Waals surface area (Å²) in [6.07, 6.45) is 1.81. The zero-order chi connectivity index (χ0) is 13.0. The van der Waals surface area contributed by atoms with Gasteiger partial charge in [0.15, 0.2) is 0 Å². The van der Waals surface area contributed by atoms with Crippen LogP contribution in [0.1, 0.15) is 11.3 Å². The van der Waals surface area contributed by atoms with E-state index in [0.29, 0.717) is 0 Å². The molecule has 94 valence electrons. The Hall–Kier alpha value is -1.06. The average Bonchev–Trinajstić information content (AvgIpc) is 2.39. The van der Waals surface area contributed by atoms with E-state index in [-0.39, 0.29) is 0 Å². The lowest BCUT2D eigenvalue weighted by molar-refractivity contribution is 0.880. The smallest absolute Gasteiger partial charge is 0.0642 e. The lowest BCUT2D eigenvalue weighted by atomic mass is 10.2. The van der Waals surface area contributed by atoms with E-state index >= 15 is 0 Å². The second kappa shape index (κ2) is 6.21. The van der Waals surface area contributed by atoms with E-state index in [1.54, 1.807) is 6.20 Å². The summed E-state index contributed by atoms with van der Waals surface area (Å²) in [5, 5.41) is 1.56. The molecule has 0 N–H and O–H groups in total. The normalized spacial score (nSPS) is 10.4. The molecule has 0 aliphatic rings. The van der Waals surface area contributed by atoms with Gasteiger partial charge >= 0.3 is 0 Å². The summed E-state index contributed by atoms with van der Waals surface area (Å²) in [6, 6.07) is 11.9. The molecule has 0 fully saturated rings. The molecule has 0 amide bonds. The molecule has 1 heterocycles. The predicted octanol–water partition coefficient (Wildman–Crippen LogP) is 4.27. The highest BCUT2D eigenvalue weighted by atomic mass is 79.9. The van der Waals surface area contributed by atoms with Crippen LogP contribution in [0.4, 0.5) is 5.69 Å². The summed E-state index contributed by atoms with van der Waals surface area (Å²) in [7, 11) is 2.03. The number of halogens is 2. The van der Waals surface area contributed by atoms with Gasteiger partial charge in [0, 0.05) is 18.6 Å². The lowest BCUT2D eigenvalue weighted by Gasteiger charge is -2.22. The first-order valence-electron chi connectivity index (χ1n) is 5.66. The number of rotatable bonds is 4. The highest BCUT2D eigenvalue weighted by molar-refractivity contribution is 9.08. The third-order valence-corrected chi connectivity index (χ3v) is 3.63. The van der Waals surface area contributed by atoms with Crippen molar-refractivity contribution >= 4 is 33.2 Å². The summed E-state index contributed by atoms with van der Waals surface area (Å²) in [6.45, 7) is 0.741. The van der Waals surface area contributed by atoms with Gasteiger partial charge in [-0.3, -0.25) is 4.98 Å². The first-order valence-corrected chi connectivity index (χ1v) is 7.16. The van der Waals surface area contributed by atoms with Crippen LogP contribution < -0.4 is 4.90 Å². The van der Waals surface area contributed by atoms with Gasteiger partial charge in [0.2, 0.25) is 0 Å². The largest absolute Gasteiger partial charge is 0.367 e. The Morgan fingerprint density at radius 3 is 2.72 bits per heavy atom. The van der Waals surface area contributed by atoms with Gasteiger partial charge in [-0.25, -0.2) is 0 Å². The zero-order valence-electron chi connectivity index (χ0n) is 10.1. The molecule has 0 radical (unpaired) electrons. The highest BCUT2D eigenvalue weighted by Crippen LogP contribution is 2.31. The molecule has 0 unspecified atom stereocenters. The Labute approximate surface area is 121 Å². The van der Waals surface area contributed by atoms with Crippen LogP contribution in [0.15, 0.2) is 42.6 Å². The van der Waals surface area contributed by atoms with E-state index in [9.17, 15) is 0 Å². The maximum absolute atomic E-state index is 6.29. The summed E-state index contributed by atoms with van der Waals surface area (Å²) in [4.78, 5) is 6.46. The van der Waals surface area contributed by atoms with E-state index in [0.717, 1.165) is 28.3 Å². The fraction of sp³-hybridized carbons (Fsp3) is 0.214. The van der Waals surface area contributed by atoms with Crippen LogP contribution in [-0.4, -0.2) is 12.0 Å². The first-order chi connectivity index (χ1) is 8.72. The molecule has 0 bridgehead atoms. The van der Waals surface area contributed by atoms with Crippen molar-refractivity contribution in [1.29, 1.82) is 0 Å². The molecule has 0 spiro atoms. The van der Waals surface area contributed by atoms with Gasteiger partial charge < -0.3 is 4.90 Å². The van der Waals surface area contributed by atoms with Gasteiger partial charge in [-0.05, 0) is 23.8 Å². The van der Waals surface area contributed by atoms with Gasteiger partial charge in [0.25, 0.3) is 0 Å². The minimum absolute atomic E-state index is 0.741. The van der Waals surface area contributed by atoms with Crippen molar-refractivity contribution < 1.29 is 0 Å². The monoisotopic (exact) mass is 324 g/mol. The minimum atomic E-state index is 0.741. The van der Waals surface area contributed by atoms with E-state index in [2.05, 4.69) is 31.9 Å². The molecule has 2 nitrogen and oxygen atoms in total. The molecule has 4 heteroatoms.